The highest BCUT2D eigenvalue weighted by molar-refractivity contribution is 5.85. The smallest absolute Gasteiger partial charge is 0.412 e. The zero-order chi connectivity index (χ0) is 15.9. The van der Waals surface area contributed by atoms with E-state index in [1.54, 1.807) is 39.0 Å². The number of ether oxygens (including phenoxy) is 1. The molecule has 1 unspecified atom stereocenters. The fourth-order valence-electron chi connectivity index (χ4n) is 2.30. The third-order valence-corrected chi connectivity index (χ3v) is 3.51. The largest absolute Gasteiger partial charge is 0.444 e. The molecule has 6 heteroatoms. The summed E-state index contributed by atoms with van der Waals surface area (Å²) in [6.45, 7) is 5.11. The Morgan fingerprint density at radius 3 is 2.52 bits per heavy atom. The molecule has 4 nitrogen and oxygen atoms in total. The lowest BCUT2D eigenvalue weighted by molar-refractivity contribution is 0.0636. The number of hydrogen-bond donors (Lipinski definition) is 2. The second-order valence-electron chi connectivity index (χ2n) is 6.38. The number of carbonyl (C=O) groups is 1. The molecule has 1 atom stereocenters. The minimum absolute atomic E-state index is 0.129. The molecule has 0 aromatic heterocycles. The van der Waals surface area contributed by atoms with Gasteiger partial charge < -0.3 is 10.5 Å². The van der Waals surface area contributed by atoms with Crippen molar-refractivity contribution in [3.8, 4) is 0 Å². The zero-order valence-corrected chi connectivity index (χ0v) is 12.4. The highest BCUT2D eigenvalue weighted by Crippen LogP contribution is 2.61. The molecule has 0 aliphatic heterocycles. The number of rotatable bonds is 3. The van der Waals surface area contributed by atoms with Crippen LogP contribution in [0, 0.1) is 0 Å². The Morgan fingerprint density at radius 1 is 1.43 bits per heavy atom. The highest BCUT2D eigenvalue weighted by atomic mass is 19.3. The van der Waals surface area contributed by atoms with Gasteiger partial charge >= 0.3 is 6.09 Å². The van der Waals surface area contributed by atoms with Crippen molar-refractivity contribution < 1.29 is 18.3 Å². The van der Waals surface area contributed by atoms with E-state index >= 15 is 0 Å². The number of nitrogens with two attached hydrogens (primary N) is 1. The van der Waals surface area contributed by atoms with Crippen LogP contribution in [0.5, 0.6) is 0 Å². The Balaban J connectivity index is 2.14. The van der Waals surface area contributed by atoms with Crippen LogP contribution in [0.3, 0.4) is 0 Å². The van der Waals surface area contributed by atoms with Gasteiger partial charge in [-0.25, -0.2) is 13.6 Å². The van der Waals surface area contributed by atoms with Crippen LogP contribution in [0.25, 0.3) is 0 Å². The lowest BCUT2D eigenvalue weighted by Crippen LogP contribution is -2.28. The Morgan fingerprint density at radius 2 is 2.05 bits per heavy atom. The van der Waals surface area contributed by atoms with Crippen LogP contribution >= 0.6 is 0 Å². The van der Waals surface area contributed by atoms with Crippen LogP contribution in [0.1, 0.15) is 32.8 Å². The van der Waals surface area contributed by atoms with Crippen molar-refractivity contribution in [1.82, 2.24) is 0 Å². The predicted octanol–water partition coefficient (Wildman–Crippen LogP) is 3.27. The number of carbonyl (C=O) groups excluding carboxylic acids is 1. The molecule has 116 valence electrons. The van der Waals surface area contributed by atoms with Gasteiger partial charge in [-0.15, -0.1) is 0 Å². The summed E-state index contributed by atoms with van der Waals surface area (Å²) in [6, 6.07) is 6.37. The first-order chi connectivity index (χ1) is 9.60. The first kappa shape index (κ1) is 15.7. The Hall–Kier alpha value is -1.69. The van der Waals surface area contributed by atoms with Crippen molar-refractivity contribution >= 4 is 11.8 Å². The normalized spacial score (nSPS) is 23.5. The van der Waals surface area contributed by atoms with E-state index in [1.165, 1.54) is 6.07 Å². The van der Waals surface area contributed by atoms with Gasteiger partial charge in [0.2, 0.25) is 0 Å². The maximum absolute atomic E-state index is 13.6. The minimum atomic E-state index is -2.79. The number of hydrogen-bond acceptors (Lipinski definition) is 3. The van der Waals surface area contributed by atoms with Crippen molar-refractivity contribution in [2.45, 2.75) is 44.1 Å². The predicted molar refractivity (Wildman–Crippen MR) is 76.6 cm³/mol. The summed E-state index contributed by atoms with van der Waals surface area (Å²) in [5.41, 5.74) is 4.44. The second-order valence-corrected chi connectivity index (χ2v) is 6.38. The quantitative estimate of drug-likeness (QED) is 0.900. The summed E-state index contributed by atoms with van der Waals surface area (Å²) in [7, 11) is 0. The molecule has 0 spiro atoms. The number of nitrogens with one attached hydrogen (secondary N) is 1. The van der Waals surface area contributed by atoms with E-state index in [0.29, 0.717) is 11.3 Å². The lowest BCUT2D eigenvalue weighted by Gasteiger charge is -2.20. The maximum Gasteiger partial charge on any atom is 0.412 e. The molecule has 2 rings (SSSR count). The molecule has 1 aliphatic carbocycles. The molecular formula is C15H20F2N2O2. The van der Waals surface area contributed by atoms with E-state index in [4.69, 9.17) is 10.5 Å². The molecule has 0 radical (unpaired) electrons. The van der Waals surface area contributed by atoms with Crippen LogP contribution in [-0.4, -0.2) is 24.2 Å². The van der Waals surface area contributed by atoms with Crippen molar-refractivity contribution in [1.29, 1.82) is 0 Å². The first-order valence-corrected chi connectivity index (χ1v) is 6.78. The van der Waals surface area contributed by atoms with Gasteiger partial charge in [-0.05, 0) is 38.5 Å². The van der Waals surface area contributed by atoms with Gasteiger partial charge in [0.1, 0.15) is 5.60 Å². The summed E-state index contributed by atoms with van der Waals surface area (Å²) in [5.74, 6) is -2.79. The molecule has 0 heterocycles. The van der Waals surface area contributed by atoms with Gasteiger partial charge in [-0.2, -0.15) is 0 Å². The van der Waals surface area contributed by atoms with Crippen LogP contribution < -0.4 is 11.1 Å². The van der Waals surface area contributed by atoms with Crippen LogP contribution in [0.15, 0.2) is 24.3 Å². The van der Waals surface area contributed by atoms with E-state index in [-0.39, 0.29) is 13.0 Å². The summed E-state index contributed by atoms with van der Waals surface area (Å²) >= 11 is 0. The fourth-order valence-corrected chi connectivity index (χ4v) is 2.30. The molecule has 1 aromatic rings. The first-order valence-electron chi connectivity index (χ1n) is 6.78. The molecule has 1 saturated carbocycles. The van der Waals surface area contributed by atoms with Gasteiger partial charge in [-0.3, -0.25) is 5.32 Å². The summed E-state index contributed by atoms with van der Waals surface area (Å²) in [4.78, 5) is 11.7. The molecular weight excluding hydrogens is 278 g/mol. The summed E-state index contributed by atoms with van der Waals surface area (Å²) < 4.78 is 32.3. The van der Waals surface area contributed by atoms with E-state index in [2.05, 4.69) is 5.32 Å². The fraction of sp³-hybridized carbons (Fsp3) is 0.533. The van der Waals surface area contributed by atoms with E-state index in [1.807, 2.05) is 0 Å². The van der Waals surface area contributed by atoms with Crippen LogP contribution in [0.2, 0.25) is 0 Å². The van der Waals surface area contributed by atoms with Crippen molar-refractivity contribution in [2.24, 2.45) is 5.73 Å². The van der Waals surface area contributed by atoms with E-state index in [9.17, 15) is 13.6 Å². The average molecular weight is 298 g/mol. The van der Waals surface area contributed by atoms with E-state index in [0.717, 1.165) is 0 Å². The summed E-state index contributed by atoms with van der Waals surface area (Å²) in [5, 5.41) is 2.54. The molecule has 1 fully saturated rings. The molecule has 1 amide bonds. The number of halogens is 2. The minimum Gasteiger partial charge on any atom is -0.444 e. The van der Waals surface area contributed by atoms with Crippen molar-refractivity contribution in [3.05, 3.63) is 29.8 Å². The van der Waals surface area contributed by atoms with Gasteiger partial charge in [0.25, 0.3) is 5.92 Å². The Labute approximate surface area is 122 Å². The molecule has 0 bridgehead atoms. The molecule has 1 aliphatic rings. The van der Waals surface area contributed by atoms with Gasteiger partial charge in [0.15, 0.2) is 0 Å². The average Bonchev–Trinajstić information content (AvgIpc) is 2.91. The number of alkyl halides is 2. The molecule has 21 heavy (non-hydrogen) atoms. The van der Waals surface area contributed by atoms with Gasteiger partial charge in [0.05, 0.1) is 5.41 Å². The zero-order valence-electron chi connectivity index (χ0n) is 12.4. The number of benzene rings is 1. The number of amides is 1. The molecule has 1 aromatic carbocycles. The van der Waals surface area contributed by atoms with Crippen molar-refractivity contribution in [3.63, 3.8) is 0 Å². The van der Waals surface area contributed by atoms with Gasteiger partial charge in [-0.1, -0.05) is 12.1 Å². The molecule has 3 N–H and O–H groups in total. The Bertz CT molecular complexity index is 555. The third kappa shape index (κ3) is 3.15. The number of anilines is 1. The SMILES string of the molecule is CC(C)(C)OC(=O)Nc1cccc(C2(CN)CC2(F)F)c1. The Kier molecular flexibility index (Phi) is 3.70. The van der Waals surface area contributed by atoms with Crippen LogP contribution in [0.4, 0.5) is 19.3 Å². The molecule has 0 saturated heterocycles. The standard InChI is InChI=1S/C15H20F2N2O2/c1-13(2,3)21-12(20)19-11-6-4-5-10(7-11)14(9-18)8-15(14,16)17/h4-7H,8-9,18H2,1-3H3,(H,19,20). The third-order valence-electron chi connectivity index (χ3n) is 3.51. The highest BCUT2D eigenvalue weighted by Gasteiger charge is 2.71. The topological polar surface area (TPSA) is 64.3 Å². The monoisotopic (exact) mass is 298 g/mol. The maximum atomic E-state index is 13.6. The lowest BCUT2D eigenvalue weighted by atomic mass is 9.95. The van der Waals surface area contributed by atoms with E-state index < -0.39 is 23.0 Å². The van der Waals surface area contributed by atoms with Crippen molar-refractivity contribution in [2.75, 3.05) is 11.9 Å². The second kappa shape index (κ2) is 4.94. The van der Waals surface area contributed by atoms with Gasteiger partial charge in [0, 0.05) is 18.7 Å². The summed E-state index contributed by atoms with van der Waals surface area (Å²) in [6.07, 6.45) is -0.879. The van der Waals surface area contributed by atoms with Crippen LogP contribution in [-0.2, 0) is 10.2 Å².